The highest BCUT2D eigenvalue weighted by Gasteiger charge is 2.11. The van der Waals surface area contributed by atoms with Crippen LogP contribution in [0.4, 0.5) is 0 Å². The normalized spacial score (nSPS) is 11.4. The summed E-state index contributed by atoms with van der Waals surface area (Å²) in [7, 11) is 0. The van der Waals surface area contributed by atoms with Crippen LogP contribution in [0.2, 0.25) is 0 Å². The van der Waals surface area contributed by atoms with E-state index in [4.69, 9.17) is 4.42 Å². The number of hydrogen-bond acceptors (Lipinski definition) is 7. The van der Waals surface area contributed by atoms with Gasteiger partial charge in [0.05, 0.1) is 22.8 Å². The fourth-order valence-corrected chi connectivity index (χ4v) is 3.70. The highest BCUT2D eigenvalue weighted by molar-refractivity contribution is 7.98. The van der Waals surface area contributed by atoms with Crippen molar-refractivity contribution < 1.29 is 4.42 Å². The molecule has 4 aromatic heterocycles. The summed E-state index contributed by atoms with van der Waals surface area (Å²) >= 11 is 3.12. The third kappa shape index (κ3) is 3.20. The van der Waals surface area contributed by atoms with Gasteiger partial charge in [0.15, 0.2) is 0 Å². The summed E-state index contributed by atoms with van der Waals surface area (Å²) in [4.78, 5) is 9.06. The first-order chi connectivity index (χ1) is 11.7. The number of nitrogens with zero attached hydrogens (tertiary/aromatic N) is 5. The van der Waals surface area contributed by atoms with Gasteiger partial charge in [-0.1, -0.05) is 17.8 Å². The molecule has 0 atom stereocenters. The Kier molecular flexibility index (Phi) is 4.07. The van der Waals surface area contributed by atoms with Crippen LogP contribution >= 0.6 is 23.1 Å². The molecule has 0 saturated carbocycles. The van der Waals surface area contributed by atoms with E-state index in [1.807, 2.05) is 35.2 Å². The smallest absolute Gasteiger partial charge is 0.276 e. The second-order valence-electron chi connectivity index (χ2n) is 5.44. The molecule has 0 fully saturated rings. The number of imidazole rings is 1. The summed E-state index contributed by atoms with van der Waals surface area (Å²) in [6, 6.07) is 4.08. The Labute approximate surface area is 147 Å². The second-order valence-corrected chi connectivity index (χ2v) is 7.43. The summed E-state index contributed by atoms with van der Waals surface area (Å²) in [6.07, 6.45) is 4.61. The molecule has 0 spiro atoms. The number of aromatic nitrogens is 5. The topological polar surface area (TPSA) is 69.1 Å². The van der Waals surface area contributed by atoms with E-state index < -0.39 is 0 Å². The minimum atomic E-state index is 0.561. The van der Waals surface area contributed by atoms with Gasteiger partial charge in [-0.2, -0.15) is 0 Å². The van der Waals surface area contributed by atoms with Gasteiger partial charge in [-0.25, -0.2) is 9.97 Å². The monoisotopic (exact) mass is 357 g/mol. The zero-order chi connectivity index (χ0) is 16.5. The van der Waals surface area contributed by atoms with Crippen LogP contribution < -0.4 is 0 Å². The predicted molar refractivity (Wildman–Crippen MR) is 93.4 cm³/mol. The van der Waals surface area contributed by atoms with E-state index in [0.717, 1.165) is 27.6 Å². The first-order valence-corrected chi connectivity index (χ1v) is 9.33. The zero-order valence-electron chi connectivity index (χ0n) is 13.3. The molecular formula is C16H15N5OS2. The van der Waals surface area contributed by atoms with Crippen molar-refractivity contribution in [3.8, 4) is 0 Å². The summed E-state index contributed by atoms with van der Waals surface area (Å²) in [5, 5.41) is 11.8. The van der Waals surface area contributed by atoms with Crippen molar-refractivity contribution in [2.45, 2.75) is 31.2 Å². The van der Waals surface area contributed by atoms with Crippen molar-refractivity contribution in [3.05, 3.63) is 57.8 Å². The lowest BCUT2D eigenvalue weighted by Crippen LogP contribution is -1.88. The Bertz CT molecular complexity index is 987. The average Bonchev–Trinajstić information content (AvgIpc) is 3.26. The standard InChI is InChI=1S/C16H15N5OS2/c1-10-4-3-5-21-7-13(18-15(10)21)9-24-16-20-19-14(22-16)6-12-8-23-11(2)17-12/h3-5,7-8H,6,9H2,1-2H3. The summed E-state index contributed by atoms with van der Waals surface area (Å²) in [6.45, 7) is 4.05. The van der Waals surface area contributed by atoms with E-state index in [1.54, 1.807) is 11.3 Å². The second kappa shape index (κ2) is 6.37. The fraction of sp³-hybridized carbons (Fsp3) is 0.250. The van der Waals surface area contributed by atoms with Crippen molar-refractivity contribution >= 4 is 28.7 Å². The molecule has 4 rings (SSSR count). The SMILES string of the molecule is Cc1nc(Cc2nnc(SCc3cn4cccc(C)c4n3)o2)cs1. The Morgan fingerprint density at radius 3 is 2.92 bits per heavy atom. The quantitative estimate of drug-likeness (QED) is 0.508. The zero-order valence-corrected chi connectivity index (χ0v) is 14.9. The molecule has 0 amide bonds. The van der Waals surface area contributed by atoms with Crippen molar-refractivity contribution in [1.29, 1.82) is 0 Å². The molecule has 0 aliphatic rings. The Hall–Kier alpha value is -2.19. The van der Waals surface area contributed by atoms with Crippen LogP contribution in [-0.4, -0.2) is 24.6 Å². The van der Waals surface area contributed by atoms with Gasteiger partial charge in [0.1, 0.15) is 5.65 Å². The van der Waals surface area contributed by atoms with Crippen LogP contribution in [0.15, 0.2) is 39.5 Å². The molecule has 24 heavy (non-hydrogen) atoms. The van der Waals surface area contributed by atoms with Crippen LogP contribution in [0, 0.1) is 13.8 Å². The molecule has 4 heterocycles. The predicted octanol–water partition coefficient (Wildman–Crippen LogP) is 3.67. The lowest BCUT2D eigenvalue weighted by Gasteiger charge is -1.94. The number of thioether (sulfide) groups is 1. The average molecular weight is 357 g/mol. The van der Waals surface area contributed by atoms with Crippen molar-refractivity contribution in [1.82, 2.24) is 24.6 Å². The highest BCUT2D eigenvalue weighted by atomic mass is 32.2. The van der Waals surface area contributed by atoms with Crippen LogP contribution in [0.1, 0.15) is 27.8 Å². The number of fused-ring (bicyclic) bond motifs is 1. The molecule has 0 saturated heterocycles. The summed E-state index contributed by atoms with van der Waals surface area (Å²) in [5.74, 6) is 1.28. The molecule has 0 aromatic carbocycles. The molecule has 0 bridgehead atoms. The Morgan fingerprint density at radius 2 is 2.12 bits per heavy atom. The van der Waals surface area contributed by atoms with E-state index in [0.29, 0.717) is 23.3 Å². The number of rotatable bonds is 5. The largest absolute Gasteiger partial charge is 0.416 e. The van der Waals surface area contributed by atoms with Gasteiger partial charge in [0.2, 0.25) is 5.89 Å². The Morgan fingerprint density at radius 1 is 1.21 bits per heavy atom. The van der Waals surface area contributed by atoms with Crippen LogP contribution in [0.3, 0.4) is 0 Å². The molecule has 0 unspecified atom stereocenters. The van der Waals surface area contributed by atoms with Crippen molar-refractivity contribution in [2.75, 3.05) is 0 Å². The minimum absolute atomic E-state index is 0.561. The molecule has 0 aliphatic heterocycles. The van der Waals surface area contributed by atoms with E-state index in [9.17, 15) is 0 Å². The number of thiazole rings is 1. The number of aryl methyl sites for hydroxylation is 2. The van der Waals surface area contributed by atoms with Gasteiger partial charge >= 0.3 is 0 Å². The third-order valence-corrected chi connectivity index (χ3v) is 5.19. The molecule has 6 nitrogen and oxygen atoms in total. The maximum absolute atomic E-state index is 5.69. The van der Waals surface area contributed by atoms with Gasteiger partial charge in [-0.3, -0.25) is 0 Å². The molecular weight excluding hydrogens is 342 g/mol. The van der Waals surface area contributed by atoms with Gasteiger partial charge in [-0.15, -0.1) is 21.5 Å². The van der Waals surface area contributed by atoms with E-state index in [1.165, 1.54) is 11.8 Å². The molecule has 0 aliphatic carbocycles. The van der Waals surface area contributed by atoms with E-state index in [2.05, 4.69) is 33.2 Å². The minimum Gasteiger partial charge on any atom is -0.416 e. The lowest BCUT2D eigenvalue weighted by atomic mass is 10.3. The van der Waals surface area contributed by atoms with Gasteiger partial charge in [0, 0.05) is 23.5 Å². The fourth-order valence-electron chi connectivity index (χ4n) is 2.42. The van der Waals surface area contributed by atoms with Crippen molar-refractivity contribution in [3.63, 3.8) is 0 Å². The summed E-state index contributed by atoms with van der Waals surface area (Å²) in [5.41, 5.74) is 4.10. The number of hydrogen-bond donors (Lipinski definition) is 0. The van der Waals surface area contributed by atoms with Gasteiger partial charge in [0.25, 0.3) is 5.22 Å². The Balaban J connectivity index is 1.43. The highest BCUT2D eigenvalue weighted by Crippen LogP contribution is 2.23. The van der Waals surface area contributed by atoms with Crippen LogP contribution in [-0.2, 0) is 12.2 Å². The summed E-state index contributed by atoms with van der Waals surface area (Å²) < 4.78 is 7.72. The molecule has 8 heteroatoms. The van der Waals surface area contributed by atoms with Gasteiger partial charge in [-0.05, 0) is 25.5 Å². The van der Waals surface area contributed by atoms with Crippen molar-refractivity contribution in [2.24, 2.45) is 0 Å². The third-order valence-electron chi connectivity index (χ3n) is 3.52. The van der Waals surface area contributed by atoms with Gasteiger partial charge < -0.3 is 8.82 Å². The first kappa shape index (κ1) is 15.3. The first-order valence-electron chi connectivity index (χ1n) is 7.47. The number of pyridine rings is 1. The maximum atomic E-state index is 5.69. The lowest BCUT2D eigenvalue weighted by molar-refractivity contribution is 0.419. The van der Waals surface area contributed by atoms with E-state index >= 15 is 0 Å². The molecule has 0 N–H and O–H groups in total. The molecule has 122 valence electrons. The maximum Gasteiger partial charge on any atom is 0.276 e. The van der Waals surface area contributed by atoms with Crippen LogP contribution in [0.25, 0.3) is 5.65 Å². The van der Waals surface area contributed by atoms with Crippen LogP contribution in [0.5, 0.6) is 0 Å². The molecule has 4 aromatic rings. The molecule has 0 radical (unpaired) electrons. The van der Waals surface area contributed by atoms with E-state index in [-0.39, 0.29) is 0 Å².